The summed E-state index contributed by atoms with van der Waals surface area (Å²) in [5.74, 6) is -0.142. The van der Waals surface area contributed by atoms with E-state index in [0.29, 0.717) is 10.7 Å². The molecule has 2 aromatic heterocycles. The number of pyridine rings is 1. The lowest BCUT2D eigenvalue weighted by Crippen LogP contribution is -2.26. The quantitative estimate of drug-likeness (QED) is 0.726. The average molecular weight is 317 g/mol. The fourth-order valence-electron chi connectivity index (χ4n) is 2.21. The molecule has 21 heavy (non-hydrogen) atoms. The van der Waals surface area contributed by atoms with E-state index in [1.165, 1.54) is 0 Å². The minimum Gasteiger partial charge on any atom is -0.345 e. The number of para-hydroxylation sites is 1. The van der Waals surface area contributed by atoms with Gasteiger partial charge in [0, 0.05) is 10.3 Å². The number of rotatable bonds is 3. The fourth-order valence-corrected chi connectivity index (χ4v) is 3.15. The number of fused-ring (bicyclic) bond motifs is 1. The Morgan fingerprint density at radius 3 is 2.86 bits per heavy atom. The van der Waals surface area contributed by atoms with Crippen LogP contribution in [0.25, 0.3) is 10.9 Å². The third-order valence-electron chi connectivity index (χ3n) is 3.25. The highest BCUT2D eigenvalue weighted by Gasteiger charge is 2.15. The molecule has 0 bridgehead atoms. The number of carbonyl (C=O) groups excluding carboxylic acids is 1. The van der Waals surface area contributed by atoms with Gasteiger partial charge in [0.1, 0.15) is 5.15 Å². The summed E-state index contributed by atoms with van der Waals surface area (Å²) in [7, 11) is 0. The maximum absolute atomic E-state index is 12.5. The van der Waals surface area contributed by atoms with Gasteiger partial charge in [0.15, 0.2) is 0 Å². The van der Waals surface area contributed by atoms with Crippen LogP contribution in [0.4, 0.5) is 0 Å². The van der Waals surface area contributed by atoms with Crippen molar-refractivity contribution in [3.05, 3.63) is 63.4 Å². The summed E-state index contributed by atoms with van der Waals surface area (Å²) in [5.41, 5.74) is 1.27. The molecule has 1 unspecified atom stereocenters. The first kappa shape index (κ1) is 14.0. The predicted octanol–water partition coefficient (Wildman–Crippen LogP) is 4.44. The van der Waals surface area contributed by atoms with E-state index in [1.54, 1.807) is 17.4 Å². The first-order valence-electron chi connectivity index (χ1n) is 6.54. The van der Waals surface area contributed by atoms with Crippen LogP contribution in [-0.2, 0) is 0 Å². The van der Waals surface area contributed by atoms with Crippen molar-refractivity contribution in [3.8, 4) is 0 Å². The molecular formula is C16H13ClN2OS. The number of nitrogens with one attached hydrogen (secondary N) is 1. The SMILES string of the molecule is CC(NC(=O)c1cc(Cl)nc2ccccc12)c1cccs1. The number of amides is 1. The van der Waals surface area contributed by atoms with E-state index in [9.17, 15) is 4.79 Å². The van der Waals surface area contributed by atoms with E-state index in [0.717, 1.165) is 15.8 Å². The van der Waals surface area contributed by atoms with Crippen LogP contribution >= 0.6 is 22.9 Å². The lowest BCUT2D eigenvalue weighted by molar-refractivity contribution is 0.0942. The highest BCUT2D eigenvalue weighted by atomic mass is 35.5. The van der Waals surface area contributed by atoms with Crippen molar-refractivity contribution in [2.45, 2.75) is 13.0 Å². The van der Waals surface area contributed by atoms with E-state index in [2.05, 4.69) is 10.3 Å². The number of carbonyl (C=O) groups is 1. The number of hydrogen-bond acceptors (Lipinski definition) is 3. The van der Waals surface area contributed by atoms with Crippen LogP contribution in [0.1, 0.15) is 28.2 Å². The molecule has 3 aromatic rings. The molecule has 1 atom stereocenters. The highest BCUT2D eigenvalue weighted by Crippen LogP contribution is 2.23. The molecule has 3 rings (SSSR count). The maximum atomic E-state index is 12.5. The molecule has 5 heteroatoms. The number of aromatic nitrogens is 1. The van der Waals surface area contributed by atoms with Crippen LogP contribution in [-0.4, -0.2) is 10.9 Å². The molecule has 0 aliphatic heterocycles. The van der Waals surface area contributed by atoms with Gasteiger partial charge in [-0.1, -0.05) is 35.9 Å². The van der Waals surface area contributed by atoms with Gasteiger partial charge in [-0.15, -0.1) is 11.3 Å². The summed E-state index contributed by atoms with van der Waals surface area (Å²) in [6.45, 7) is 1.97. The Hall–Kier alpha value is -1.91. The van der Waals surface area contributed by atoms with Crippen LogP contribution in [0.5, 0.6) is 0 Å². The molecule has 106 valence electrons. The van der Waals surface area contributed by atoms with Crippen molar-refractivity contribution in [1.82, 2.24) is 10.3 Å². The topological polar surface area (TPSA) is 42.0 Å². The summed E-state index contributed by atoms with van der Waals surface area (Å²) < 4.78 is 0. The van der Waals surface area contributed by atoms with Crippen LogP contribution in [0.3, 0.4) is 0 Å². The Labute approximate surface area is 131 Å². The molecule has 0 radical (unpaired) electrons. The fraction of sp³-hybridized carbons (Fsp3) is 0.125. The third kappa shape index (κ3) is 2.91. The summed E-state index contributed by atoms with van der Waals surface area (Å²) in [6, 6.07) is 13.0. The Morgan fingerprint density at radius 2 is 2.10 bits per heavy atom. The maximum Gasteiger partial charge on any atom is 0.252 e. The second-order valence-electron chi connectivity index (χ2n) is 4.72. The summed E-state index contributed by atoms with van der Waals surface area (Å²) >= 11 is 7.64. The van der Waals surface area contributed by atoms with Gasteiger partial charge in [0.2, 0.25) is 0 Å². The molecule has 0 saturated carbocycles. The number of thiophene rings is 1. The third-order valence-corrected chi connectivity index (χ3v) is 4.50. The summed E-state index contributed by atoms with van der Waals surface area (Å²) in [6.07, 6.45) is 0. The molecule has 0 aliphatic carbocycles. The molecule has 0 fully saturated rings. The van der Waals surface area contributed by atoms with Gasteiger partial charge < -0.3 is 5.32 Å². The van der Waals surface area contributed by atoms with Gasteiger partial charge in [0.05, 0.1) is 17.1 Å². The highest BCUT2D eigenvalue weighted by molar-refractivity contribution is 7.10. The normalized spacial score (nSPS) is 12.3. The molecule has 1 aromatic carbocycles. The van der Waals surface area contributed by atoms with Crippen molar-refractivity contribution in [3.63, 3.8) is 0 Å². The van der Waals surface area contributed by atoms with Crippen LogP contribution in [0.2, 0.25) is 5.15 Å². The van der Waals surface area contributed by atoms with Gasteiger partial charge in [-0.2, -0.15) is 0 Å². The van der Waals surface area contributed by atoms with E-state index in [4.69, 9.17) is 11.6 Å². The van der Waals surface area contributed by atoms with Crippen molar-refractivity contribution in [2.24, 2.45) is 0 Å². The second-order valence-corrected chi connectivity index (χ2v) is 6.09. The Balaban J connectivity index is 1.94. The van der Waals surface area contributed by atoms with Crippen molar-refractivity contribution in [2.75, 3.05) is 0 Å². The Kier molecular flexibility index (Phi) is 3.90. The first-order valence-corrected chi connectivity index (χ1v) is 7.80. The van der Waals surface area contributed by atoms with Gasteiger partial charge in [-0.3, -0.25) is 4.79 Å². The van der Waals surface area contributed by atoms with Gasteiger partial charge >= 0.3 is 0 Å². The van der Waals surface area contributed by atoms with Gasteiger partial charge in [-0.25, -0.2) is 4.98 Å². The minimum absolute atomic E-state index is 0.0387. The van der Waals surface area contributed by atoms with E-state index < -0.39 is 0 Å². The number of halogens is 1. The molecule has 0 spiro atoms. The molecular weight excluding hydrogens is 304 g/mol. The second kappa shape index (κ2) is 5.84. The predicted molar refractivity (Wildman–Crippen MR) is 87.0 cm³/mol. The summed E-state index contributed by atoms with van der Waals surface area (Å²) in [5, 5.41) is 6.13. The van der Waals surface area contributed by atoms with Crippen LogP contribution in [0.15, 0.2) is 47.8 Å². The average Bonchev–Trinajstić information content (AvgIpc) is 3.00. The van der Waals surface area contributed by atoms with Crippen molar-refractivity contribution < 1.29 is 4.79 Å². The zero-order valence-corrected chi connectivity index (χ0v) is 12.9. The summed E-state index contributed by atoms with van der Waals surface area (Å²) in [4.78, 5) is 17.9. The van der Waals surface area contributed by atoms with Crippen LogP contribution in [0, 0.1) is 0 Å². The zero-order valence-electron chi connectivity index (χ0n) is 11.3. The Morgan fingerprint density at radius 1 is 1.29 bits per heavy atom. The number of benzene rings is 1. The number of nitrogens with zero attached hydrogens (tertiary/aromatic N) is 1. The smallest absolute Gasteiger partial charge is 0.252 e. The van der Waals surface area contributed by atoms with Crippen molar-refractivity contribution >= 4 is 39.7 Å². The van der Waals surface area contributed by atoms with Gasteiger partial charge in [0.25, 0.3) is 5.91 Å². The zero-order chi connectivity index (χ0) is 14.8. The molecule has 3 nitrogen and oxygen atoms in total. The molecule has 1 amide bonds. The van der Waals surface area contributed by atoms with Gasteiger partial charge in [-0.05, 0) is 30.5 Å². The minimum atomic E-state index is -0.142. The van der Waals surface area contributed by atoms with Crippen molar-refractivity contribution in [1.29, 1.82) is 0 Å². The standard InChI is InChI=1S/C16H13ClN2OS/c1-10(14-7-4-8-21-14)18-16(20)12-9-15(17)19-13-6-3-2-5-11(12)13/h2-10H,1H3,(H,18,20). The molecule has 0 saturated heterocycles. The van der Waals surface area contributed by atoms with E-state index in [-0.39, 0.29) is 11.9 Å². The monoisotopic (exact) mass is 316 g/mol. The number of hydrogen-bond donors (Lipinski definition) is 1. The van der Waals surface area contributed by atoms with E-state index in [1.807, 2.05) is 48.7 Å². The Bertz CT molecular complexity index is 786. The molecule has 2 heterocycles. The van der Waals surface area contributed by atoms with E-state index >= 15 is 0 Å². The molecule has 1 N–H and O–H groups in total. The lowest BCUT2D eigenvalue weighted by atomic mass is 10.1. The largest absolute Gasteiger partial charge is 0.345 e. The first-order chi connectivity index (χ1) is 10.1. The lowest BCUT2D eigenvalue weighted by Gasteiger charge is -2.13. The molecule has 0 aliphatic rings. The van der Waals surface area contributed by atoms with Crippen LogP contribution < -0.4 is 5.32 Å².